The monoisotopic (exact) mass is 354 g/mol. The van der Waals surface area contributed by atoms with Gasteiger partial charge in [-0.05, 0) is 11.1 Å². The molecule has 5 heteroatoms. The number of rotatable bonds is 2. The van der Waals surface area contributed by atoms with E-state index in [9.17, 15) is 0 Å². The molecule has 22 heavy (non-hydrogen) atoms. The Balaban J connectivity index is 1.87. The van der Waals surface area contributed by atoms with Crippen LogP contribution in [0.25, 0.3) is 0 Å². The molecule has 1 aliphatic heterocycles. The Kier molecular flexibility index (Phi) is 3.44. The van der Waals surface area contributed by atoms with Crippen LogP contribution < -0.4 is 0 Å². The van der Waals surface area contributed by atoms with E-state index in [1.54, 1.807) is 0 Å². The number of hydrogen-bond donors (Lipinski definition) is 0. The molecule has 2 bridgehead atoms. The van der Waals surface area contributed by atoms with Gasteiger partial charge in [0.2, 0.25) is 0 Å². The summed E-state index contributed by atoms with van der Waals surface area (Å²) < 4.78 is 0. The van der Waals surface area contributed by atoms with Crippen LogP contribution in [0.1, 0.15) is 11.1 Å². The summed E-state index contributed by atoms with van der Waals surface area (Å²) in [6, 6.07) is 19.3. The molecule has 1 saturated heterocycles. The van der Waals surface area contributed by atoms with Gasteiger partial charge in [-0.1, -0.05) is 60.7 Å². The fourth-order valence-electron chi connectivity index (χ4n) is 3.43. The second kappa shape index (κ2) is 5.12. The summed E-state index contributed by atoms with van der Waals surface area (Å²) in [5, 5.41) is -1.04. The van der Waals surface area contributed by atoms with Crippen LogP contribution >= 0.6 is 34.8 Å². The molecule has 114 valence electrons. The third kappa shape index (κ3) is 1.70. The molecule has 2 aromatic rings. The van der Waals surface area contributed by atoms with Gasteiger partial charge in [-0.15, -0.1) is 34.8 Å². The highest BCUT2D eigenvalue weighted by molar-refractivity contribution is 6.36. The molecule has 0 amide bonds. The number of halogens is 3. The van der Waals surface area contributed by atoms with Crippen LogP contribution in [-0.2, 0) is 20.3 Å². The maximum atomic E-state index is 6.96. The number of fused-ring (bicyclic) bond motifs is 2. The van der Waals surface area contributed by atoms with Gasteiger partial charge in [0.05, 0.1) is 5.38 Å². The maximum Gasteiger partial charge on any atom is 0.166 e. The van der Waals surface area contributed by atoms with Crippen molar-refractivity contribution in [2.75, 3.05) is 0 Å². The summed E-state index contributed by atoms with van der Waals surface area (Å²) in [6.45, 7) is 0. The average Bonchev–Trinajstić information content (AvgIpc) is 3.00. The largest absolute Gasteiger partial charge is 0.228 e. The van der Waals surface area contributed by atoms with E-state index >= 15 is 0 Å². The van der Waals surface area contributed by atoms with Gasteiger partial charge < -0.3 is 0 Å². The molecule has 1 aliphatic carbocycles. The topological polar surface area (TPSA) is 18.5 Å². The van der Waals surface area contributed by atoms with Crippen molar-refractivity contribution in [2.24, 2.45) is 0 Å². The first-order chi connectivity index (χ1) is 10.6. The highest BCUT2D eigenvalue weighted by Gasteiger charge is 2.75. The SMILES string of the molecule is Cl[C@@H]1[C@](Cl)(c2ccccc2)[C@H]2OO[C@]1(c1ccccc1)[C@H]2Cl. The van der Waals surface area contributed by atoms with E-state index in [0.717, 1.165) is 11.1 Å². The Morgan fingerprint density at radius 3 is 1.95 bits per heavy atom. The fraction of sp³-hybridized carbons (Fsp3) is 0.294. The third-order valence-corrected chi connectivity index (χ3v) is 6.55. The van der Waals surface area contributed by atoms with E-state index in [-0.39, 0.29) is 0 Å². The molecule has 0 spiro atoms. The summed E-state index contributed by atoms with van der Waals surface area (Å²) in [4.78, 5) is 10.2. The lowest BCUT2D eigenvalue weighted by Gasteiger charge is -2.39. The van der Waals surface area contributed by atoms with Crippen LogP contribution in [0.2, 0.25) is 0 Å². The molecule has 1 saturated carbocycles. The van der Waals surface area contributed by atoms with Crippen LogP contribution in [0.15, 0.2) is 60.7 Å². The first-order valence-corrected chi connectivity index (χ1v) is 8.29. The minimum Gasteiger partial charge on any atom is -0.228 e. The number of alkyl halides is 3. The first-order valence-electron chi connectivity index (χ1n) is 7.04. The van der Waals surface area contributed by atoms with Crippen molar-refractivity contribution < 1.29 is 9.78 Å². The zero-order valence-corrected chi connectivity index (χ0v) is 13.7. The van der Waals surface area contributed by atoms with Crippen LogP contribution in [0.3, 0.4) is 0 Å². The molecule has 5 atom stereocenters. The normalized spacial score (nSPS) is 40.0. The summed E-state index contributed by atoms with van der Waals surface area (Å²) in [6.07, 6.45) is -0.527. The molecular formula is C17H13Cl3O2. The van der Waals surface area contributed by atoms with Gasteiger partial charge in [0.1, 0.15) is 16.4 Å². The van der Waals surface area contributed by atoms with Crippen molar-refractivity contribution in [2.45, 2.75) is 27.3 Å². The van der Waals surface area contributed by atoms with Crippen LogP contribution in [0.5, 0.6) is 0 Å². The van der Waals surface area contributed by atoms with Crippen LogP contribution in [0.4, 0.5) is 0 Å². The quantitative estimate of drug-likeness (QED) is 0.580. The van der Waals surface area contributed by atoms with E-state index in [1.165, 1.54) is 0 Å². The van der Waals surface area contributed by atoms with Gasteiger partial charge >= 0.3 is 0 Å². The van der Waals surface area contributed by atoms with E-state index in [0.29, 0.717) is 0 Å². The van der Waals surface area contributed by atoms with Gasteiger partial charge in [0, 0.05) is 0 Å². The van der Waals surface area contributed by atoms with Crippen molar-refractivity contribution in [3.05, 3.63) is 71.8 Å². The molecule has 2 nitrogen and oxygen atoms in total. The summed E-state index contributed by atoms with van der Waals surface area (Å²) in [5.74, 6) is 0. The van der Waals surface area contributed by atoms with Gasteiger partial charge in [-0.3, -0.25) is 0 Å². The fourth-order valence-corrected chi connectivity index (χ4v) is 5.09. The summed E-state index contributed by atoms with van der Waals surface area (Å²) in [5.41, 5.74) is 0.788. The van der Waals surface area contributed by atoms with Crippen molar-refractivity contribution >= 4 is 34.8 Å². The molecule has 0 radical (unpaired) electrons. The molecule has 4 rings (SSSR count). The smallest absolute Gasteiger partial charge is 0.166 e. The molecule has 0 N–H and O–H groups in total. The van der Waals surface area contributed by atoms with Crippen LogP contribution in [0, 0.1) is 0 Å². The molecule has 0 aromatic heterocycles. The van der Waals surface area contributed by atoms with E-state index in [4.69, 9.17) is 44.6 Å². The molecular weight excluding hydrogens is 343 g/mol. The van der Waals surface area contributed by atoms with Gasteiger partial charge in [-0.2, -0.15) is 0 Å². The highest BCUT2D eigenvalue weighted by atomic mass is 35.5. The molecule has 0 unspecified atom stereocenters. The van der Waals surface area contributed by atoms with Gasteiger partial charge in [0.15, 0.2) is 5.60 Å². The second-order valence-corrected chi connectivity index (χ2v) is 7.19. The van der Waals surface area contributed by atoms with E-state index in [1.807, 2.05) is 60.7 Å². The molecule has 2 aromatic carbocycles. The third-order valence-electron chi connectivity index (χ3n) is 4.57. The lowest BCUT2D eigenvalue weighted by Crippen LogP contribution is -2.47. The second-order valence-electron chi connectivity index (χ2n) is 5.66. The molecule has 1 heterocycles. The Morgan fingerprint density at radius 1 is 0.818 bits per heavy atom. The molecule has 2 fully saturated rings. The Hall–Kier alpha value is -0.770. The number of hydrogen-bond acceptors (Lipinski definition) is 2. The zero-order valence-electron chi connectivity index (χ0n) is 11.5. The lowest BCUT2D eigenvalue weighted by molar-refractivity contribution is -0.358. The van der Waals surface area contributed by atoms with Crippen molar-refractivity contribution in [1.29, 1.82) is 0 Å². The minimum atomic E-state index is -0.966. The highest BCUT2D eigenvalue weighted by Crippen LogP contribution is 2.64. The maximum absolute atomic E-state index is 6.96. The van der Waals surface area contributed by atoms with Crippen molar-refractivity contribution in [1.82, 2.24) is 0 Å². The minimum absolute atomic E-state index is 0.477. The Bertz CT molecular complexity index is 681. The predicted molar refractivity (Wildman–Crippen MR) is 87.3 cm³/mol. The zero-order chi connectivity index (χ0) is 15.4. The Morgan fingerprint density at radius 2 is 1.36 bits per heavy atom. The molecule has 2 aliphatic rings. The Labute approximate surface area is 143 Å². The summed E-state index contributed by atoms with van der Waals surface area (Å²) >= 11 is 20.4. The summed E-state index contributed by atoms with van der Waals surface area (Å²) in [7, 11) is 0. The van der Waals surface area contributed by atoms with Crippen molar-refractivity contribution in [3.8, 4) is 0 Å². The lowest BCUT2D eigenvalue weighted by atomic mass is 9.87. The van der Waals surface area contributed by atoms with E-state index < -0.39 is 27.3 Å². The van der Waals surface area contributed by atoms with Gasteiger partial charge in [-0.25, -0.2) is 9.78 Å². The standard InChI is InChI=1S/C17H13Cl3O2/c18-13-14-16(20,11-7-3-1-4-8-11)15(19)17(13,22-21-14)12-9-5-2-6-10-12/h1-10,13-15H/t13-,14-,15+,16-,17+/m0/s1. The number of benzene rings is 2. The average molecular weight is 356 g/mol. The van der Waals surface area contributed by atoms with Crippen molar-refractivity contribution in [3.63, 3.8) is 0 Å². The van der Waals surface area contributed by atoms with Gasteiger partial charge in [0.25, 0.3) is 0 Å². The van der Waals surface area contributed by atoms with E-state index in [2.05, 4.69) is 0 Å². The predicted octanol–water partition coefficient (Wildman–Crippen LogP) is 4.58. The van der Waals surface area contributed by atoms with Crippen LogP contribution in [-0.4, -0.2) is 16.9 Å². The first kappa shape index (κ1) is 14.8.